The molecule has 2 amide bonds. The van der Waals surface area contributed by atoms with E-state index in [0.29, 0.717) is 48.5 Å². The Balaban J connectivity index is 1.41. The van der Waals surface area contributed by atoms with Crippen molar-refractivity contribution in [2.75, 3.05) is 41.8 Å². The molecule has 32 heavy (non-hydrogen) atoms. The van der Waals surface area contributed by atoms with Crippen LogP contribution in [0, 0.1) is 0 Å². The third kappa shape index (κ3) is 4.93. The minimum absolute atomic E-state index is 0.00172. The van der Waals surface area contributed by atoms with Gasteiger partial charge in [-0.25, -0.2) is 5.10 Å². The van der Waals surface area contributed by atoms with Crippen LogP contribution < -0.4 is 15.5 Å². The fraction of sp³-hybridized carbons (Fsp3) is 0.200. The first-order valence-corrected chi connectivity index (χ1v) is 10.3. The zero-order valence-electron chi connectivity index (χ0n) is 16.6. The number of amides is 2. The molecule has 1 aliphatic heterocycles. The summed E-state index contributed by atoms with van der Waals surface area (Å²) in [6.45, 7) is 2.47. The van der Waals surface area contributed by atoms with Crippen molar-refractivity contribution in [3.8, 4) is 5.75 Å². The first kappa shape index (κ1) is 21.9. The number of H-pyrrole nitrogens is 1. The molecule has 0 bridgehead atoms. The lowest BCUT2D eigenvalue weighted by atomic mass is 10.1. The second-order valence-corrected chi connectivity index (χ2v) is 7.67. The van der Waals surface area contributed by atoms with E-state index in [0.717, 1.165) is 0 Å². The van der Waals surface area contributed by atoms with E-state index in [1.165, 1.54) is 36.4 Å². The van der Waals surface area contributed by atoms with Gasteiger partial charge in [-0.2, -0.15) is 4.98 Å². The van der Waals surface area contributed by atoms with Crippen molar-refractivity contribution in [2.24, 2.45) is 0 Å². The van der Waals surface area contributed by atoms with Gasteiger partial charge in [0.2, 0.25) is 11.9 Å². The lowest BCUT2D eigenvalue weighted by molar-refractivity contribution is 0.101. The van der Waals surface area contributed by atoms with E-state index >= 15 is 0 Å². The van der Waals surface area contributed by atoms with Gasteiger partial charge in [-0.05, 0) is 30.3 Å². The topological polar surface area (TPSA) is 132 Å². The predicted molar refractivity (Wildman–Crippen MR) is 120 cm³/mol. The third-order valence-electron chi connectivity index (χ3n) is 4.68. The number of aromatic nitrogens is 3. The molecular formula is C20H18Cl2N6O4. The van der Waals surface area contributed by atoms with Crippen LogP contribution >= 0.6 is 23.2 Å². The average molecular weight is 477 g/mol. The number of hydrogen-bond donors (Lipinski definition) is 4. The minimum Gasteiger partial charge on any atom is -0.507 e. The molecule has 0 unspecified atom stereocenters. The Morgan fingerprint density at radius 1 is 1.03 bits per heavy atom. The summed E-state index contributed by atoms with van der Waals surface area (Å²) < 4.78 is 5.29. The summed E-state index contributed by atoms with van der Waals surface area (Å²) in [5.74, 6) is -0.754. The number of anilines is 3. The van der Waals surface area contributed by atoms with Crippen LogP contribution in [0.5, 0.6) is 5.75 Å². The molecule has 0 saturated carbocycles. The molecule has 12 heteroatoms. The van der Waals surface area contributed by atoms with E-state index in [1.54, 1.807) is 0 Å². The molecule has 1 fully saturated rings. The molecule has 0 spiro atoms. The number of ether oxygens (including phenoxy) is 1. The Labute approximate surface area is 192 Å². The van der Waals surface area contributed by atoms with E-state index in [9.17, 15) is 14.7 Å². The Bertz CT molecular complexity index is 1160. The maximum atomic E-state index is 12.5. The van der Waals surface area contributed by atoms with E-state index in [2.05, 4.69) is 25.8 Å². The molecule has 10 nitrogen and oxygen atoms in total. The van der Waals surface area contributed by atoms with Crippen molar-refractivity contribution in [1.82, 2.24) is 15.2 Å². The largest absolute Gasteiger partial charge is 0.507 e. The maximum absolute atomic E-state index is 12.5. The first-order valence-electron chi connectivity index (χ1n) is 9.56. The minimum atomic E-state index is -0.588. The molecule has 0 atom stereocenters. The van der Waals surface area contributed by atoms with Crippen LogP contribution in [0.3, 0.4) is 0 Å². The van der Waals surface area contributed by atoms with Gasteiger partial charge in [0.05, 0.1) is 28.8 Å². The average Bonchev–Trinajstić information content (AvgIpc) is 3.24. The second kappa shape index (κ2) is 9.43. The van der Waals surface area contributed by atoms with E-state index < -0.39 is 11.8 Å². The van der Waals surface area contributed by atoms with Gasteiger partial charge in [0.25, 0.3) is 11.8 Å². The van der Waals surface area contributed by atoms with E-state index in [4.69, 9.17) is 27.9 Å². The summed E-state index contributed by atoms with van der Waals surface area (Å²) >= 11 is 11.8. The molecule has 2 aromatic carbocycles. The second-order valence-electron chi connectivity index (χ2n) is 6.85. The zero-order valence-corrected chi connectivity index (χ0v) is 18.1. The summed E-state index contributed by atoms with van der Waals surface area (Å²) in [4.78, 5) is 31.1. The van der Waals surface area contributed by atoms with Crippen LogP contribution in [0.4, 0.5) is 17.6 Å². The van der Waals surface area contributed by atoms with Crippen LogP contribution in [0.25, 0.3) is 0 Å². The normalized spacial score (nSPS) is 13.6. The van der Waals surface area contributed by atoms with Crippen molar-refractivity contribution in [1.29, 1.82) is 0 Å². The molecule has 4 N–H and O–H groups in total. The molecule has 2 heterocycles. The molecule has 1 saturated heterocycles. The number of aromatic amines is 1. The highest BCUT2D eigenvalue weighted by molar-refractivity contribution is 6.42. The molecular weight excluding hydrogens is 459 g/mol. The van der Waals surface area contributed by atoms with E-state index in [-0.39, 0.29) is 22.3 Å². The van der Waals surface area contributed by atoms with Gasteiger partial charge in [0.15, 0.2) is 0 Å². The number of carbonyl (C=O) groups is 2. The number of phenolic OH excluding ortho intramolecular Hbond substituents is 1. The van der Waals surface area contributed by atoms with Gasteiger partial charge in [-0.15, -0.1) is 5.10 Å². The number of carbonyl (C=O) groups excluding carboxylic acids is 2. The van der Waals surface area contributed by atoms with Crippen molar-refractivity contribution in [2.45, 2.75) is 0 Å². The smallest absolute Gasteiger partial charge is 0.261 e. The first-order chi connectivity index (χ1) is 15.4. The monoisotopic (exact) mass is 476 g/mol. The number of halogens is 2. The number of hydrogen-bond acceptors (Lipinski definition) is 7. The fourth-order valence-corrected chi connectivity index (χ4v) is 3.33. The van der Waals surface area contributed by atoms with Crippen LogP contribution in [0.15, 0.2) is 36.4 Å². The van der Waals surface area contributed by atoms with Gasteiger partial charge in [-0.3, -0.25) is 14.9 Å². The van der Waals surface area contributed by atoms with Crippen molar-refractivity contribution < 1.29 is 19.4 Å². The van der Waals surface area contributed by atoms with Gasteiger partial charge in [-0.1, -0.05) is 23.2 Å². The summed E-state index contributed by atoms with van der Waals surface area (Å²) in [6, 6.07) is 8.61. The Morgan fingerprint density at radius 2 is 1.81 bits per heavy atom. The number of morpholine rings is 1. The zero-order chi connectivity index (χ0) is 22.7. The molecule has 1 aliphatic rings. The van der Waals surface area contributed by atoms with Gasteiger partial charge < -0.3 is 20.1 Å². The predicted octanol–water partition coefficient (Wildman–Crippen LogP) is 3.16. The molecule has 0 radical (unpaired) electrons. The quantitative estimate of drug-likeness (QED) is 0.444. The Kier molecular flexibility index (Phi) is 6.45. The SMILES string of the molecule is O=C(Nc1ccc(C(=O)Nc2nc(N3CCOCC3)n[nH]2)c(O)c1)c1ccc(Cl)c(Cl)c1. The van der Waals surface area contributed by atoms with Crippen molar-refractivity contribution in [3.63, 3.8) is 0 Å². The molecule has 3 aromatic rings. The molecule has 1 aromatic heterocycles. The summed E-state index contributed by atoms with van der Waals surface area (Å²) in [5, 5.41) is 22.8. The summed E-state index contributed by atoms with van der Waals surface area (Å²) in [7, 11) is 0. The molecule has 166 valence electrons. The number of nitrogens with zero attached hydrogens (tertiary/aromatic N) is 3. The number of benzene rings is 2. The highest BCUT2D eigenvalue weighted by atomic mass is 35.5. The van der Waals surface area contributed by atoms with Crippen molar-refractivity contribution in [3.05, 3.63) is 57.6 Å². The standard InChI is InChI=1S/C20H18Cl2N6O4/c21-14-4-1-11(9-15(14)22)17(30)23-12-2-3-13(16(29)10-12)18(31)24-19-25-20(27-26-19)28-5-7-32-8-6-28/h1-4,9-10,29H,5-8H2,(H,23,30)(H2,24,25,26,27,31). The van der Waals surface area contributed by atoms with Gasteiger partial charge in [0, 0.05) is 30.4 Å². The van der Waals surface area contributed by atoms with Gasteiger partial charge >= 0.3 is 0 Å². The van der Waals surface area contributed by atoms with Crippen molar-refractivity contribution >= 4 is 52.6 Å². The summed E-state index contributed by atoms with van der Waals surface area (Å²) in [6.07, 6.45) is 0. The molecule has 0 aliphatic carbocycles. The van der Waals surface area contributed by atoms with Crippen LogP contribution in [-0.4, -0.2) is 58.4 Å². The lowest BCUT2D eigenvalue weighted by Crippen LogP contribution is -2.36. The summed E-state index contributed by atoms with van der Waals surface area (Å²) in [5.41, 5.74) is 0.591. The molecule has 4 rings (SSSR count). The fourth-order valence-electron chi connectivity index (χ4n) is 3.03. The highest BCUT2D eigenvalue weighted by Gasteiger charge is 2.18. The third-order valence-corrected chi connectivity index (χ3v) is 5.42. The highest BCUT2D eigenvalue weighted by Crippen LogP contribution is 2.25. The Morgan fingerprint density at radius 3 is 2.53 bits per heavy atom. The lowest BCUT2D eigenvalue weighted by Gasteiger charge is -2.25. The maximum Gasteiger partial charge on any atom is 0.261 e. The number of nitrogens with one attached hydrogen (secondary N) is 3. The number of phenols is 1. The van der Waals surface area contributed by atoms with Crippen LogP contribution in [0.2, 0.25) is 10.0 Å². The number of aromatic hydroxyl groups is 1. The Hall–Kier alpha value is -3.34. The van der Waals surface area contributed by atoms with Crippen LogP contribution in [-0.2, 0) is 4.74 Å². The van der Waals surface area contributed by atoms with Gasteiger partial charge in [0.1, 0.15) is 5.75 Å². The number of rotatable bonds is 5. The van der Waals surface area contributed by atoms with Crippen LogP contribution in [0.1, 0.15) is 20.7 Å². The van der Waals surface area contributed by atoms with E-state index in [1.807, 2.05) is 4.90 Å².